The molecule has 140 valence electrons. The van der Waals surface area contributed by atoms with Crippen molar-refractivity contribution >= 4 is 15.7 Å². The lowest BCUT2D eigenvalue weighted by Gasteiger charge is -2.12. The Bertz CT molecular complexity index is 1030. The second kappa shape index (κ2) is 7.92. The normalized spacial score (nSPS) is 10.9. The molecule has 1 N–H and O–H groups in total. The minimum atomic E-state index is -3.83. The highest BCUT2D eigenvalue weighted by molar-refractivity contribution is 7.92. The fourth-order valence-corrected chi connectivity index (χ4v) is 3.34. The maximum atomic E-state index is 12.7. The summed E-state index contributed by atoms with van der Waals surface area (Å²) in [6, 6.07) is 10.9. The monoisotopic (exact) mass is 387 g/mol. The van der Waals surface area contributed by atoms with Crippen molar-refractivity contribution in [2.24, 2.45) is 0 Å². The molecule has 0 atom stereocenters. The Balaban J connectivity index is 1.83. The van der Waals surface area contributed by atoms with Gasteiger partial charge in [-0.3, -0.25) is 9.71 Å². The minimum Gasteiger partial charge on any atom is -0.493 e. The first kappa shape index (κ1) is 18.5. The van der Waals surface area contributed by atoms with Crippen molar-refractivity contribution in [3.8, 4) is 23.1 Å². The second-order valence-electron chi connectivity index (χ2n) is 5.30. The molecule has 3 aromatic rings. The molecule has 0 unspecified atom stereocenters. The molecule has 0 amide bonds. The summed E-state index contributed by atoms with van der Waals surface area (Å²) in [5.74, 6) is 1.48. The molecule has 1 aromatic heterocycles. The average Bonchev–Trinajstić information content (AvgIpc) is 2.68. The first-order valence-electron chi connectivity index (χ1n) is 7.80. The SMILES string of the molecule is COc1ccc(S(=O)(=O)Nc2cccc(Oc3cnccn3)c2)cc1OC. The third-order valence-electron chi connectivity index (χ3n) is 3.51. The zero-order valence-electron chi connectivity index (χ0n) is 14.6. The quantitative estimate of drug-likeness (QED) is 0.665. The molecule has 0 saturated carbocycles. The van der Waals surface area contributed by atoms with Gasteiger partial charge in [-0.1, -0.05) is 6.07 Å². The summed E-state index contributed by atoms with van der Waals surface area (Å²) in [6.45, 7) is 0. The molecule has 0 fully saturated rings. The van der Waals surface area contributed by atoms with E-state index in [0.29, 0.717) is 28.8 Å². The number of nitrogens with one attached hydrogen (secondary N) is 1. The highest BCUT2D eigenvalue weighted by Crippen LogP contribution is 2.30. The lowest BCUT2D eigenvalue weighted by Crippen LogP contribution is -2.13. The second-order valence-corrected chi connectivity index (χ2v) is 6.98. The van der Waals surface area contributed by atoms with E-state index in [4.69, 9.17) is 14.2 Å². The van der Waals surface area contributed by atoms with E-state index in [9.17, 15) is 8.42 Å². The van der Waals surface area contributed by atoms with Gasteiger partial charge in [0, 0.05) is 24.5 Å². The molecule has 0 aliphatic rings. The van der Waals surface area contributed by atoms with Gasteiger partial charge in [-0.25, -0.2) is 13.4 Å². The molecule has 1 heterocycles. The third-order valence-corrected chi connectivity index (χ3v) is 4.89. The number of aromatic nitrogens is 2. The number of ether oxygens (including phenoxy) is 3. The highest BCUT2D eigenvalue weighted by atomic mass is 32.2. The molecule has 2 aromatic carbocycles. The van der Waals surface area contributed by atoms with Crippen LogP contribution in [0, 0.1) is 0 Å². The van der Waals surface area contributed by atoms with Crippen LogP contribution >= 0.6 is 0 Å². The first-order valence-corrected chi connectivity index (χ1v) is 9.29. The van der Waals surface area contributed by atoms with E-state index in [2.05, 4.69) is 14.7 Å². The van der Waals surface area contributed by atoms with E-state index in [1.165, 1.54) is 51.0 Å². The minimum absolute atomic E-state index is 0.0420. The summed E-state index contributed by atoms with van der Waals surface area (Å²) in [5.41, 5.74) is 0.339. The smallest absolute Gasteiger partial charge is 0.262 e. The number of methoxy groups -OCH3 is 2. The molecule has 8 nitrogen and oxygen atoms in total. The molecular weight excluding hydrogens is 370 g/mol. The summed E-state index contributed by atoms with van der Waals surface area (Å²) in [5, 5.41) is 0. The number of benzene rings is 2. The lowest BCUT2D eigenvalue weighted by molar-refractivity contribution is 0.354. The van der Waals surface area contributed by atoms with Crippen molar-refractivity contribution in [2.75, 3.05) is 18.9 Å². The molecule has 0 aliphatic heterocycles. The molecule has 27 heavy (non-hydrogen) atoms. The number of hydrogen-bond acceptors (Lipinski definition) is 7. The zero-order valence-corrected chi connectivity index (χ0v) is 15.4. The van der Waals surface area contributed by atoms with E-state index in [1.807, 2.05) is 0 Å². The van der Waals surface area contributed by atoms with E-state index < -0.39 is 10.0 Å². The predicted octanol–water partition coefficient (Wildman–Crippen LogP) is 3.09. The summed E-state index contributed by atoms with van der Waals surface area (Å²) >= 11 is 0. The van der Waals surface area contributed by atoms with Crippen LogP contribution in [0.4, 0.5) is 5.69 Å². The maximum absolute atomic E-state index is 12.7. The van der Waals surface area contributed by atoms with Crippen molar-refractivity contribution in [1.82, 2.24) is 9.97 Å². The Kier molecular flexibility index (Phi) is 5.41. The van der Waals surface area contributed by atoms with E-state index in [1.54, 1.807) is 24.3 Å². The summed E-state index contributed by atoms with van der Waals surface area (Å²) in [4.78, 5) is 7.97. The standard InChI is InChI=1S/C18H17N3O5S/c1-24-16-7-6-15(11-17(16)25-2)27(22,23)21-13-4-3-5-14(10-13)26-18-12-19-8-9-20-18/h3-12,21H,1-2H3. The van der Waals surface area contributed by atoms with Crippen LogP contribution in [0.1, 0.15) is 0 Å². The summed E-state index contributed by atoms with van der Waals surface area (Å²) in [7, 11) is -0.911. The van der Waals surface area contributed by atoms with E-state index >= 15 is 0 Å². The van der Waals surface area contributed by atoms with Gasteiger partial charge >= 0.3 is 0 Å². The van der Waals surface area contributed by atoms with Gasteiger partial charge in [-0.2, -0.15) is 0 Å². The molecule has 0 saturated heterocycles. The number of sulfonamides is 1. The highest BCUT2D eigenvalue weighted by Gasteiger charge is 2.17. The van der Waals surface area contributed by atoms with Crippen LogP contribution in [0.3, 0.4) is 0 Å². The Labute approximate surface area is 156 Å². The van der Waals surface area contributed by atoms with Gasteiger partial charge in [0.1, 0.15) is 5.75 Å². The van der Waals surface area contributed by atoms with E-state index in [0.717, 1.165) is 0 Å². The summed E-state index contributed by atoms with van der Waals surface area (Å²) < 4.78 is 43.7. The largest absolute Gasteiger partial charge is 0.493 e. The van der Waals surface area contributed by atoms with Gasteiger partial charge in [-0.15, -0.1) is 0 Å². The number of hydrogen-bond donors (Lipinski definition) is 1. The van der Waals surface area contributed by atoms with Gasteiger partial charge in [0.2, 0.25) is 5.88 Å². The molecule has 0 aliphatic carbocycles. The summed E-state index contributed by atoms with van der Waals surface area (Å²) in [6.07, 6.45) is 4.49. The number of nitrogens with zero attached hydrogens (tertiary/aromatic N) is 2. The van der Waals surface area contributed by atoms with Crippen molar-refractivity contribution < 1.29 is 22.6 Å². The predicted molar refractivity (Wildman–Crippen MR) is 98.9 cm³/mol. The van der Waals surface area contributed by atoms with E-state index in [-0.39, 0.29) is 4.90 Å². The Morgan fingerprint density at radius 1 is 0.963 bits per heavy atom. The van der Waals surface area contributed by atoms with Gasteiger partial charge in [-0.05, 0) is 24.3 Å². The van der Waals surface area contributed by atoms with Crippen LogP contribution in [-0.2, 0) is 10.0 Å². The van der Waals surface area contributed by atoms with Crippen LogP contribution in [0.15, 0.2) is 66.0 Å². The maximum Gasteiger partial charge on any atom is 0.262 e. The average molecular weight is 387 g/mol. The van der Waals surface area contributed by atoms with Crippen LogP contribution in [-0.4, -0.2) is 32.6 Å². The molecule has 0 radical (unpaired) electrons. The van der Waals surface area contributed by atoms with Crippen molar-refractivity contribution in [3.63, 3.8) is 0 Å². The van der Waals surface area contributed by atoms with Gasteiger partial charge in [0.05, 0.1) is 31.0 Å². The fraction of sp³-hybridized carbons (Fsp3) is 0.111. The van der Waals surface area contributed by atoms with Crippen LogP contribution in [0.2, 0.25) is 0 Å². The Morgan fingerprint density at radius 3 is 2.48 bits per heavy atom. The van der Waals surface area contributed by atoms with Crippen molar-refractivity contribution in [2.45, 2.75) is 4.90 Å². The third kappa shape index (κ3) is 4.45. The first-order chi connectivity index (χ1) is 13.0. The Hall–Kier alpha value is -3.33. The molecule has 0 bridgehead atoms. The van der Waals surface area contributed by atoms with Gasteiger partial charge < -0.3 is 14.2 Å². The molecule has 9 heteroatoms. The lowest BCUT2D eigenvalue weighted by atomic mass is 10.3. The zero-order chi connectivity index (χ0) is 19.3. The molecular formula is C18H17N3O5S. The molecule has 0 spiro atoms. The fourth-order valence-electron chi connectivity index (χ4n) is 2.28. The number of anilines is 1. The van der Waals surface area contributed by atoms with Crippen LogP contribution in [0.5, 0.6) is 23.1 Å². The van der Waals surface area contributed by atoms with Crippen LogP contribution < -0.4 is 18.9 Å². The number of rotatable bonds is 7. The topological polar surface area (TPSA) is 99.6 Å². The van der Waals surface area contributed by atoms with Gasteiger partial charge in [0.25, 0.3) is 10.0 Å². The van der Waals surface area contributed by atoms with Crippen molar-refractivity contribution in [1.29, 1.82) is 0 Å². The van der Waals surface area contributed by atoms with Crippen molar-refractivity contribution in [3.05, 3.63) is 61.1 Å². The molecule has 3 rings (SSSR count). The Morgan fingerprint density at radius 2 is 1.78 bits per heavy atom. The van der Waals surface area contributed by atoms with Gasteiger partial charge in [0.15, 0.2) is 11.5 Å². The van der Waals surface area contributed by atoms with Crippen LogP contribution in [0.25, 0.3) is 0 Å².